The van der Waals surface area contributed by atoms with Crippen LogP contribution >= 0.6 is 11.8 Å². The van der Waals surface area contributed by atoms with Crippen LogP contribution in [0.3, 0.4) is 0 Å². The van der Waals surface area contributed by atoms with E-state index in [1.165, 1.54) is 4.90 Å². The first kappa shape index (κ1) is 31.8. The molecule has 11 nitrogen and oxygen atoms in total. The van der Waals surface area contributed by atoms with Crippen LogP contribution < -0.4 is 9.64 Å². The Morgan fingerprint density at radius 1 is 1.11 bits per heavy atom. The minimum atomic E-state index is -0.866. The Morgan fingerprint density at radius 2 is 1.85 bits per heavy atom. The Labute approximate surface area is 272 Å². The summed E-state index contributed by atoms with van der Waals surface area (Å²) in [5.74, 6) is -1.39. The van der Waals surface area contributed by atoms with Gasteiger partial charge in [0, 0.05) is 30.1 Å². The highest BCUT2D eigenvalue weighted by atomic mass is 32.2. The summed E-state index contributed by atoms with van der Waals surface area (Å²) in [6, 6.07) is 14.0. The van der Waals surface area contributed by atoms with Gasteiger partial charge in [0.15, 0.2) is 0 Å². The molecule has 0 saturated carbocycles. The molecule has 12 heteroatoms. The van der Waals surface area contributed by atoms with E-state index in [9.17, 15) is 19.5 Å². The average molecular weight is 645 g/mol. The fourth-order valence-electron chi connectivity index (χ4n) is 7.67. The third-order valence-electron chi connectivity index (χ3n) is 9.54. The molecule has 3 aliphatic heterocycles. The molecule has 3 aromatic rings. The monoisotopic (exact) mass is 644 g/mol. The lowest BCUT2D eigenvalue weighted by molar-refractivity contribution is -0.144. The zero-order valence-electron chi connectivity index (χ0n) is 26.2. The van der Waals surface area contributed by atoms with E-state index in [0.717, 1.165) is 5.52 Å². The third-order valence-corrected chi connectivity index (χ3v) is 11.5. The number of aromatic nitrogens is 3. The highest BCUT2D eigenvalue weighted by Gasteiger charge is 2.77. The van der Waals surface area contributed by atoms with Gasteiger partial charge in [0.2, 0.25) is 17.7 Å². The van der Waals surface area contributed by atoms with Crippen LogP contribution in [0.2, 0.25) is 0 Å². The highest BCUT2D eigenvalue weighted by Crippen LogP contribution is 2.71. The van der Waals surface area contributed by atoms with Crippen LogP contribution in [0.4, 0.5) is 5.69 Å². The maximum Gasteiger partial charge on any atom is 0.248 e. The molecule has 2 bridgehead atoms. The predicted octanol–water partition coefficient (Wildman–Crippen LogP) is 3.49. The van der Waals surface area contributed by atoms with E-state index in [1.54, 1.807) is 38.4 Å². The van der Waals surface area contributed by atoms with Crippen LogP contribution in [0.25, 0.3) is 11.0 Å². The van der Waals surface area contributed by atoms with Crippen molar-refractivity contribution in [1.82, 2.24) is 24.8 Å². The molecule has 1 aromatic heterocycles. The number of thioether (sulfide) groups is 1. The number of carbonyl (C=O) groups excluding carboxylic acids is 3. The standard InChI is InChI=1S/C34H40N6O5S/c1-5-18-37(22-40-26-11-9-8-10-25(26)35-36-40)32(44)29-34-17-16-33(4,46-34)27(28(34)31(43)39(29)20-21-41)30(42)38(19-6-2)23-12-14-24(15-13-23)45-7-3/h5-6,8-15,27-29,41H,1-2,7,16-22H2,3-4H3/t27-,28-,29?,33+,34?/m0/s1. The zero-order chi connectivity index (χ0) is 32.6. The average Bonchev–Trinajstić information content (AvgIpc) is 3.76. The zero-order valence-corrected chi connectivity index (χ0v) is 27.1. The molecular formula is C34H40N6O5S. The minimum Gasteiger partial charge on any atom is -0.494 e. The van der Waals surface area contributed by atoms with Gasteiger partial charge in [-0.05, 0) is 63.1 Å². The molecule has 3 amide bonds. The minimum absolute atomic E-state index is 0.00484. The Hall–Kier alpha value is -4.16. The fraction of sp³-hybridized carbons (Fsp3) is 0.441. The van der Waals surface area contributed by atoms with Gasteiger partial charge in [-0.2, -0.15) is 0 Å². The molecule has 3 aliphatic rings. The molecule has 0 radical (unpaired) electrons. The van der Waals surface area contributed by atoms with Crippen molar-refractivity contribution in [3.63, 3.8) is 0 Å². The number of nitrogens with zero attached hydrogens (tertiary/aromatic N) is 6. The van der Waals surface area contributed by atoms with Crippen LogP contribution in [0.5, 0.6) is 5.75 Å². The maximum atomic E-state index is 14.7. The molecule has 242 valence electrons. The first-order valence-corrected chi connectivity index (χ1v) is 16.5. The van der Waals surface area contributed by atoms with Gasteiger partial charge in [-0.1, -0.05) is 29.5 Å². The quantitative estimate of drug-likeness (QED) is 0.281. The fourth-order valence-corrected chi connectivity index (χ4v) is 10.0. The van der Waals surface area contributed by atoms with Gasteiger partial charge in [0.05, 0.1) is 35.3 Å². The second kappa shape index (κ2) is 12.6. The van der Waals surface area contributed by atoms with Crippen LogP contribution in [-0.4, -0.2) is 96.0 Å². The Morgan fingerprint density at radius 3 is 2.54 bits per heavy atom. The van der Waals surface area contributed by atoms with Crippen LogP contribution in [-0.2, 0) is 21.1 Å². The molecule has 5 atom stereocenters. The number of aliphatic hydroxyl groups is 1. The Balaban J connectivity index is 1.36. The molecule has 0 aliphatic carbocycles. The molecule has 1 N–H and O–H groups in total. The number of β-amino-alcohol motifs (C(OH)–C–C–N with tert-alkyl or cyclic N) is 1. The van der Waals surface area contributed by atoms with Crippen molar-refractivity contribution < 1.29 is 24.2 Å². The molecule has 6 rings (SSSR count). The number of para-hydroxylation sites is 1. The summed E-state index contributed by atoms with van der Waals surface area (Å²) in [6.07, 6.45) is 4.60. The number of likely N-dealkylation sites (tertiary alicyclic amines) is 1. The smallest absolute Gasteiger partial charge is 0.248 e. The predicted molar refractivity (Wildman–Crippen MR) is 177 cm³/mol. The van der Waals surface area contributed by atoms with E-state index >= 15 is 0 Å². The number of carbonyl (C=O) groups is 3. The Kier molecular flexibility index (Phi) is 8.68. The number of aliphatic hydroxyl groups excluding tert-OH is 1. The van der Waals surface area contributed by atoms with Crippen molar-refractivity contribution in [2.24, 2.45) is 11.8 Å². The number of hydrogen-bond donors (Lipinski definition) is 1. The summed E-state index contributed by atoms with van der Waals surface area (Å²) < 4.78 is 5.87. The summed E-state index contributed by atoms with van der Waals surface area (Å²) in [5.41, 5.74) is 2.17. The molecule has 2 aromatic carbocycles. The number of benzene rings is 2. The first-order valence-electron chi connectivity index (χ1n) is 15.7. The summed E-state index contributed by atoms with van der Waals surface area (Å²) in [4.78, 5) is 48.5. The van der Waals surface area contributed by atoms with Gasteiger partial charge >= 0.3 is 0 Å². The Bertz CT molecular complexity index is 1660. The summed E-state index contributed by atoms with van der Waals surface area (Å²) in [7, 11) is 0. The van der Waals surface area contributed by atoms with Gasteiger partial charge in [-0.3, -0.25) is 14.4 Å². The number of rotatable bonds is 13. The second-order valence-electron chi connectivity index (χ2n) is 12.2. The highest BCUT2D eigenvalue weighted by molar-refractivity contribution is 8.02. The van der Waals surface area contributed by atoms with E-state index in [0.29, 0.717) is 36.4 Å². The van der Waals surface area contributed by atoms with Gasteiger partial charge in [0.1, 0.15) is 24.0 Å². The van der Waals surface area contributed by atoms with Crippen LogP contribution in [0.15, 0.2) is 73.8 Å². The molecule has 2 unspecified atom stereocenters. The topological polar surface area (TPSA) is 121 Å². The van der Waals surface area contributed by atoms with E-state index in [2.05, 4.69) is 23.5 Å². The van der Waals surface area contributed by atoms with Gasteiger partial charge in [-0.25, -0.2) is 4.68 Å². The van der Waals surface area contributed by atoms with Gasteiger partial charge in [-0.15, -0.1) is 30.0 Å². The molecule has 3 saturated heterocycles. The maximum absolute atomic E-state index is 14.7. The lowest BCUT2D eigenvalue weighted by Gasteiger charge is -2.38. The summed E-state index contributed by atoms with van der Waals surface area (Å²) >= 11 is 1.60. The van der Waals surface area contributed by atoms with Crippen molar-refractivity contribution >= 4 is 46.2 Å². The largest absolute Gasteiger partial charge is 0.494 e. The van der Waals surface area contributed by atoms with Crippen LogP contribution in [0, 0.1) is 11.8 Å². The van der Waals surface area contributed by atoms with E-state index in [1.807, 2.05) is 62.4 Å². The number of amides is 3. The lowest BCUT2D eigenvalue weighted by atomic mass is 9.66. The van der Waals surface area contributed by atoms with E-state index < -0.39 is 27.4 Å². The first-order chi connectivity index (χ1) is 22.2. The van der Waals surface area contributed by atoms with Crippen LogP contribution in [0.1, 0.15) is 26.7 Å². The van der Waals surface area contributed by atoms with Gasteiger partial charge < -0.3 is 24.5 Å². The van der Waals surface area contributed by atoms with Crippen molar-refractivity contribution in [2.45, 2.75) is 48.9 Å². The lowest BCUT2D eigenvalue weighted by Crippen LogP contribution is -2.55. The second-order valence-corrected chi connectivity index (χ2v) is 14.1. The van der Waals surface area contributed by atoms with Gasteiger partial charge in [0.25, 0.3) is 0 Å². The molecule has 4 heterocycles. The van der Waals surface area contributed by atoms with Crippen molar-refractivity contribution in [3.05, 3.63) is 73.8 Å². The number of ether oxygens (including phenoxy) is 1. The number of hydrogen-bond acceptors (Lipinski definition) is 8. The third kappa shape index (κ3) is 5.07. The molecule has 3 fully saturated rings. The van der Waals surface area contributed by atoms with Crippen molar-refractivity contribution in [3.8, 4) is 5.75 Å². The summed E-state index contributed by atoms with van der Waals surface area (Å²) in [6.45, 7) is 12.5. The number of fused-ring (bicyclic) bond motifs is 2. The van der Waals surface area contributed by atoms with Crippen molar-refractivity contribution in [2.75, 3.05) is 37.7 Å². The molecular weight excluding hydrogens is 604 g/mol. The summed E-state index contributed by atoms with van der Waals surface area (Å²) in [5, 5.41) is 18.6. The molecule has 1 spiro atoms. The van der Waals surface area contributed by atoms with E-state index in [4.69, 9.17) is 4.74 Å². The molecule has 46 heavy (non-hydrogen) atoms. The SMILES string of the molecule is C=CCN(Cn1nnc2ccccc21)C(=O)C1N(CCO)C(=O)[C@@H]2[C@@H](C(=O)N(CC=C)c3ccc(OCC)cc3)[C@@]3(C)CCC12S3. The number of anilines is 1. The van der Waals surface area contributed by atoms with Crippen molar-refractivity contribution in [1.29, 1.82) is 0 Å². The van der Waals surface area contributed by atoms with E-state index in [-0.39, 0.29) is 50.6 Å². The normalized spacial score (nSPS) is 26.3.